The molecule has 0 aromatic heterocycles. The highest BCUT2D eigenvalue weighted by molar-refractivity contribution is 6.25. The summed E-state index contributed by atoms with van der Waals surface area (Å²) in [6, 6.07) is 4.48. The van der Waals surface area contributed by atoms with Gasteiger partial charge >= 0.3 is 12.2 Å². The molecule has 128 valence electrons. The van der Waals surface area contributed by atoms with Crippen LogP contribution in [0.2, 0.25) is 0 Å². The van der Waals surface area contributed by atoms with Crippen molar-refractivity contribution in [1.82, 2.24) is 5.32 Å². The largest absolute Gasteiger partial charge is 0.508 e. The van der Waals surface area contributed by atoms with E-state index in [2.05, 4.69) is 10.1 Å². The zero-order valence-electron chi connectivity index (χ0n) is 12.6. The SMILES string of the molecule is [N-]=[N+]=CC(=O)CCC(NC(=O)C(O)Cc1ccc(O)cc1)C(=O)O. The molecule has 9 nitrogen and oxygen atoms in total. The minimum absolute atomic E-state index is 0.0414. The zero-order valence-corrected chi connectivity index (χ0v) is 12.6. The number of carboxylic acids is 1. The summed E-state index contributed by atoms with van der Waals surface area (Å²) in [5.74, 6) is -2.80. The first-order valence-corrected chi connectivity index (χ1v) is 7.03. The number of phenolic OH excluding ortho intramolecular Hbond substituents is 1. The Balaban J connectivity index is 2.60. The fourth-order valence-electron chi connectivity index (χ4n) is 1.89. The highest BCUT2D eigenvalue weighted by atomic mass is 16.4. The van der Waals surface area contributed by atoms with Gasteiger partial charge in [-0.15, -0.1) is 0 Å². The summed E-state index contributed by atoms with van der Waals surface area (Å²) in [7, 11) is 0. The molecule has 0 aliphatic heterocycles. The second-order valence-corrected chi connectivity index (χ2v) is 5.04. The molecule has 4 N–H and O–H groups in total. The van der Waals surface area contributed by atoms with E-state index < -0.39 is 29.8 Å². The zero-order chi connectivity index (χ0) is 18.1. The highest BCUT2D eigenvalue weighted by Crippen LogP contribution is 2.11. The van der Waals surface area contributed by atoms with Crippen molar-refractivity contribution >= 4 is 23.9 Å². The average molecular weight is 335 g/mol. The van der Waals surface area contributed by atoms with Crippen LogP contribution in [0, 0.1) is 0 Å². The van der Waals surface area contributed by atoms with E-state index in [9.17, 15) is 19.5 Å². The van der Waals surface area contributed by atoms with Gasteiger partial charge in [-0.05, 0) is 24.1 Å². The number of hydrogen-bond acceptors (Lipinski definition) is 5. The van der Waals surface area contributed by atoms with Crippen LogP contribution in [-0.2, 0) is 20.8 Å². The highest BCUT2D eigenvalue weighted by Gasteiger charge is 2.25. The Morgan fingerprint density at radius 2 is 1.88 bits per heavy atom. The molecule has 0 saturated heterocycles. The molecule has 0 aliphatic rings. The van der Waals surface area contributed by atoms with Crippen LogP contribution in [0.15, 0.2) is 24.3 Å². The van der Waals surface area contributed by atoms with E-state index in [0.717, 1.165) is 0 Å². The number of benzene rings is 1. The van der Waals surface area contributed by atoms with E-state index in [-0.39, 0.29) is 25.0 Å². The first-order chi connectivity index (χ1) is 11.3. The lowest BCUT2D eigenvalue weighted by Gasteiger charge is -2.16. The van der Waals surface area contributed by atoms with Gasteiger partial charge in [0.1, 0.15) is 17.9 Å². The first kappa shape index (κ1) is 19.0. The second-order valence-electron chi connectivity index (χ2n) is 5.04. The van der Waals surface area contributed by atoms with Crippen LogP contribution < -0.4 is 5.32 Å². The number of aliphatic hydroxyl groups excluding tert-OH is 1. The third kappa shape index (κ3) is 6.39. The summed E-state index contributed by atoms with van der Waals surface area (Å²) in [5.41, 5.74) is 8.78. The Morgan fingerprint density at radius 3 is 2.42 bits per heavy atom. The predicted molar refractivity (Wildman–Crippen MR) is 81.3 cm³/mol. The van der Waals surface area contributed by atoms with Gasteiger partial charge < -0.3 is 26.2 Å². The van der Waals surface area contributed by atoms with E-state index in [1.54, 1.807) is 0 Å². The third-order valence-corrected chi connectivity index (χ3v) is 3.16. The van der Waals surface area contributed by atoms with Crippen molar-refractivity contribution in [3.8, 4) is 5.75 Å². The van der Waals surface area contributed by atoms with E-state index >= 15 is 0 Å². The van der Waals surface area contributed by atoms with Gasteiger partial charge in [0.25, 0.3) is 0 Å². The molecular weight excluding hydrogens is 318 g/mol. The summed E-state index contributed by atoms with van der Waals surface area (Å²) in [5, 5.41) is 30.2. The molecule has 2 unspecified atom stereocenters. The van der Waals surface area contributed by atoms with E-state index in [0.29, 0.717) is 11.8 Å². The number of Topliss-reactive ketones (excluding diaryl/α,β-unsaturated/α-hetero) is 1. The Bertz CT molecular complexity index is 652. The Morgan fingerprint density at radius 1 is 1.25 bits per heavy atom. The van der Waals surface area contributed by atoms with Crippen molar-refractivity contribution in [2.75, 3.05) is 0 Å². The van der Waals surface area contributed by atoms with Crippen molar-refractivity contribution in [2.45, 2.75) is 31.4 Å². The maximum absolute atomic E-state index is 11.9. The molecule has 1 aromatic rings. The number of aliphatic hydroxyl groups is 1. The number of hydrogen-bond donors (Lipinski definition) is 4. The maximum atomic E-state index is 11.9. The lowest BCUT2D eigenvalue weighted by molar-refractivity contribution is -0.143. The summed E-state index contributed by atoms with van der Waals surface area (Å²) >= 11 is 0. The third-order valence-electron chi connectivity index (χ3n) is 3.16. The molecule has 0 bridgehead atoms. The molecule has 24 heavy (non-hydrogen) atoms. The van der Waals surface area contributed by atoms with Crippen LogP contribution in [0.4, 0.5) is 0 Å². The smallest absolute Gasteiger partial charge is 0.326 e. The average Bonchev–Trinajstić information content (AvgIpc) is 2.53. The van der Waals surface area contributed by atoms with Gasteiger partial charge in [-0.2, -0.15) is 4.79 Å². The van der Waals surface area contributed by atoms with Crippen molar-refractivity contribution in [2.24, 2.45) is 0 Å². The Kier molecular flexibility index (Phi) is 7.28. The van der Waals surface area contributed by atoms with Gasteiger partial charge in [0.05, 0.1) is 0 Å². The molecule has 0 saturated carbocycles. The number of carbonyl (C=O) groups excluding carboxylic acids is 2. The number of aliphatic carboxylic acids is 1. The van der Waals surface area contributed by atoms with Crippen LogP contribution in [0.3, 0.4) is 0 Å². The van der Waals surface area contributed by atoms with E-state index in [1.807, 2.05) is 0 Å². The molecular formula is C15H17N3O6. The maximum Gasteiger partial charge on any atom is 0.326 e. The molecule has 1 rings (SSSR count). The Hall–Kier alpha value is -3.03. The number of amides is 1. The molecule has 1 amide bonds. The first-order valence-electron chi connectivity index (χ1n) is 7.03. The van der Waals surface area contributed by atoms with Crippen molar-refractivity contribution < 1.29 is 34.5 Å². The van der Waals surface area contributed by atoms with Crippen molar-refractivity contribution in [3.05, 3.63) is 35.4 Å². The summed E-state index contributed by atoms with van der Waals surface area (Å²) < 4.78 is 0. The molecule has 1 aromatic carbocycles. The fraction of sp³-hybridized carbons (Fsp3) is 0.333. The number of nitrogens with zero attached hydrogens (tertiary/aromatic N) is 2. The van der Waals surface area contributed by atoms with Gasteiger partial charge in [-0.3, -0.25) is 9.59 Å². The number of ketones is 1. The number of rotatable bonds is 9. The quantitative estimate of drug-likeness (QED) is 0.271. The lowest BCUT2D eigenvalue weighted by Crippen LogP contribution is -2.46. The molecule has 0 aliphatic carbocycles. The molecule has 2 atom stereocenters. The normalized spacial score (nSPS) is 12.5. The van der Waals surface area contributed by atoms with Crippen molar-refractivity contribution in [1.29, 1.82) is 0 Å². The van der Waals surface area contributed by atoms with Gasteiger partial charge in [0, 0.05) is 12.8 Å². The number of phenols is 1. The minimum Gasteiger partial charge on any atom is -0.508 e. The predicted octanol–water partition coefficient (Wildman–Crippen LogP) is -0.485. The number of carbonyl (C=O) groups is 3. The standard InChI is InChI=1S/C15H17N3O6/c16-17-8-11(20)5-6-12(15(23)24)18-14(22)13(21)7-9-1-3-10(19)4-2-9/h1-4,8,12-13,19,21H,5-7H2,(H,18,22)(H,23,24). The van der Waals surface area contributed by atoms with Crippen LogP contribution in [0.5, 0.6) is 5.75 Å². The molecule has 0 heterocycles. The summed E-state index contributed by atoms with van der Waals surface area (Å²) in [4.78, 5) is 36.7. The van der Waals surface area contributed by atoms with E-state index in [4.69, 9.17) is 15.7 Å². The number of nitrogens with one attached hydrogen (secondary N) is 1. The molecule has 0 fully saturated rings. The van der Waals surface area contributed by atoms with Crippen molar-refractivity contribution in [3.63, 3.8) is 0 Å². The van der Waals surface area contributed by atoms with Crippen LogP contribution in [0.25, 0.3) is 5.53 Å². The van der Waals surface area contributed by atoms with Gasteiger partial charge in [-0.25, -0.2) is 4.79 Å². The second kappa shape index (κ2) is 9.19. The van der Waals surface area contributed by atoms with Gasteiger partial charge in [-0.1, -0.05) is 12.1 Å². The number of carboxylic acid groups (broad SMARTS) is 1. The summed E-state index contributed by atoms with van der Waals surface area (Å²) in [6.07, 6.45) is -1.35. The monoisotopic (exact) mass is 335 g/mol. The minimum atomic E-state index is -1.48. The number of aromatic hydroxyl groups is 1. The van der Waals surface area contributed by atoms with E-state index in [1.165, 1.54) is 24.3 Å². The summed E-state index contributed by atoms with van der Waals surface area (Å²) in [6.45, 7) is 0. The van der Waals surface area contributed by atoms with Crippen LogP contribution in [-0.4, -0.2) is 56.1 Å². The molecule has 0 radical (unpaired) electrons. The fourth-order valence-corrected chi connectivity index (χ4v) is 1.89. The van der Waals surface area contributed by atoms with Crippen LogP contribution >= 0.6 is 0 Å². The van der Waals surface area contributed by atoms with Crippen LogP contribution in [0.1, 0.15) is 18.4 Å². The lowest BCUT2D eigenvalue weighted by atomic mass is 10.1. The topological polar surface area (TPSA) is 160 Å². The Labute approximate surface area is 137 Å². The van der Waals surface area contributed by atoms with Gasteiger partial charge in [0.15, 0.2) is 0 Å². The van der Waals surface area contributed by atoms with Gasteiger partial charge in [0.2, 0.25) is 11.7 Å². The molecule has 0 spiro atoms. The molecule has 9 heteroatoms.